The molecule has 3 rings (SSSR count). The Morgan fingerprint density at radius 1 is 1.12 bits per heavy atom. The van der Waals surface area contributed by atoms with Crippen molar-refractivity contribution < 1.29 is 27.8 Å². The Morgan fingerprint density at radius 3 is 2.38 bits per heavy atom. The normalized spacial score (nSPS) is 11.5. The van der Waals surface area contributed by atoms with Crippen molar-refractivity contribution in [2.24, 2.45) is 0 Å². The Kier molecular flexibility index (Phi) is 6.57. The highest BCUT2D eigenvalue weighted by Crippen LogP contribution is 2.35. The SMILES string of the molecule is CCn1c(C)c(Oc2cccc(C(F)(F)F)c2)c(=O)c(C(=O)O)c1-c1ccc(Cl)c(Cl)c1. The smallest absolute Gasteiger partial charge is 0.416 e. The van der Waals surface area contributed by atoms with Crippen molar-refractivity contribution in [1.82, 2.24) is 4.57 Å². The van der Waals surface area contributed by atoms with E-state index in [1.807, 2.05) is 0 Å². The summed E-state index contributed by atoms with van der Waals surface area (Å²) in [4.78, 5) is 25.2. The molecule has 2 aromatic carbocycles. The monoisotopic (exact) mass is 485 g/mol. The lowest BCUT2D eigenvalue weighted by molar-refractivity contribution is -0.137. The minimum atomic E-state index is -4.61. The number of carboxylic acid groups (broad SMARTS) is 1. The molecule has 32 heavy (non-hydrogen) atoms. The number of ether oxygens (including phenoxy) is 1. The van der Waals surface area contributed by atoms with Gasteiger partial charge in [0.15, 0.2) is 5.75 Å². The molecular formula is C22H16Cl2F3NO4. The first-order valence-corrected chi connectivity index (χ1v) is 10.0. The van der Waals surface area contributed by atoms with Crippen LogP contribution in [0.1, 0.15) is 28.5 Å². The molecule has 0 unspecified atom stereocenters. The standard InChI is InChI=1S/C22H16Cl2F3NO4/c1-3-28-11(2)20(32-14-6-4-5-13(10-14)22(25,26)27)19(29)17(21(30)31)18(28)12-7-8-15(23)16(24)9-12/h4-10H,3H2,1-2H3,(H,30,31). The van der Waals surface area contributed by atoms with Gasteiger partial charge in [0.1, 0.15) is 11.3 Å². The molecule has 1 N–H and O–H groups in total. The Labute approximate surface area is 190 Å². The molecule has 0 saturated carbocycles. The molecule has 0 spiro atoms. The Hall–Kier alpha value is -2.97. The predicted octanol–water partition coefficient (Wildman–Crippen LogP) is 6.66. The number of rotatable bonds is 5. The van der Waals surface area contributed by atoms with Crippen LogP contribution in [0.5, 0.6) is 11.5 Å². The zero-order valence-electron chi connectivity index (χ0n) is 16.8. The summed E-state index contributed by atoms with van der Waals surface area (Å²) in [5.74, 6) is -2.15. The third kappa shape index (κ3) is 4.47. The van der Waals surface area contributed by atoms with Crippen LogP contribution in [0.2, 0.25) is 10.0 Å². The van der Waals surface area contributed by atoms with Crippen molar-refractivity contribution in [3.05, 3.63) is 79.6 Å². The van der Waals surface area contributed by atoms with Crippen LogP contribution in [0.4, 0.5) is 13.2 Å². The maximum atomic E-state index is 13.1. The summed E-state index contributed by atoms with van der Waals surface area (Å²) >= 11 is 12.0. The summed E-state index contributed by atoms with van der Waals surface area (Å²) in [6, 6.07) is 8.41. The van der Waals surface area contributed by atoms with Gasteiger partial charge in [-0.15, -0.1) is 0 Å². The first-order valence-electron chi connectivity index (χ1n) is 9.26. The van der Waals surface area contributed by atoms with Crippen LogP contribution < -0.4 is 10.2 Å². The number of aromatic nitrogens is 1. The molecule has 0 radical (unpaired) electrons. The zero-order valence-corrected chi connectivity index (χ0v) is 18.3. The van der Waals surface area contributed by atoms with Crippen LogP contribution in [0.3, 0.4) is 0 Å². The lowest BCUT2D eigenvalue weighted by atomic mass is 10.0. The van der Waals surface area contributed by atoms with Crippen LogP contribution in [0, 0.1) is 6.92 Å². The maximum Gasteiger partial charge on any atom is 0.416 e. The lowest BCUT2D eigenvalue weighted by Crippen LogP contribution is -2.24. The average Bonchev–Trinajstić information content (AvgIpc) is 2.72. The fourth-order valence-corrected chi connectivity index (χ4v) is 3.62. The number of hydrogen-bond donors (Lipinski definition) is 1. The number of carbonyl (C=O) groups is 1. The van der Waals surface area contributed by atoms with Crippen LogP contribution >= 0.6 is 23.2 Å². The van der Waals surface area contributed by atoms with Crippen molar-refractivity contribution in [2.45, 2.75) is 26.6 Å². The number of hydrogen-bond acceptors (Lipinski definition) is 3. The van der Waals surface area contributed by atoms with Crippen LogP contribution in [-0.2, 0) is 12.7 Å². The number of pyridine rings is 1. The average molecular weight is 486 g/mol. The Bertz CT molecular complexity index is 1270. The molecule has 168 valence electrons. The van der Waals surface area contributed by atoms with Gasteiger partial charge in [-0.1, -0.05) is 35.3 Å². The second-order valence-corrected chi connectivity index (χ2v) is 7.59. The van der Waals surface area contributed by atoms with Gasteiger partial charge in [0.05, 0.1) is 27.0 Å². The minimum Gasteiger partial charge on any atom is -0.477 e. The van der Waals surface area contributed by atoms with E-state index in [2.05, 4.69) is 0 Å². The topological polar surface area (TPSA) is 68.5 Å². The fourth-order valence-electron chi connectivity index (χ4n) is 3.32. The first-order chi connectivity index (χ1) is 15.0. The summed E-state index contributed by atoms with van der Waals surface area (Å²) in [5.41, 5.74) is -1.88. The summed E-state index contributed by atoms with van der Waals surface area (Å²) < 4.78 is 46.1. The van der Waals surface area contributed by atoms with Crippen molar-refractivity contribution in [3.8, 4) is 22.8 Å². The summed E-state index contributed by atoms with van der Waals surface area (Å²) in [7, 11) is 0. The van der Waals surface area contributed by atoms with Gasteiger partial charge in [-0.3, -0.25) is 4.79 Å². The van der Waals surface area contributed by atoms with Crippen molar-refractivity contribution in [1.29, 1.82) is 0 Å². The van der Waals surface area contributed by atoms with Crippen molar-refractivity contribution >= 4 is 29.2 Å². The molecule has 1 aromatic heterocycles. The number of nitrogens with zero attached hydrogens (tertiary/aromatic N) is 1. The second-order valence-electron chi connectivity index (χ2n) is 6.77. The van der Waals surface area contributed by atoms with Gasteiger partial charge >= 0.3 is 12.1 Å². The second kappa shape index (κ2) is 8.88. The first kappa shape index (κ1) is 23.7. The molecule has 0 aliphatic rings. The van der Waals surface area contributed by atoms with Crippen LogP contribution in [0.25, 0.3) is 11.3 Å². The fraction of sp³-hybridized carbons (Fsp3) is 0.182. The number of benzene rings is 2. The molecule has 0 aliphatic heterocycles. The quantitative estimate of drug-likeness (QED) is 0.438. The molecule has 0 saturated heterocycles. The summed E-state index contributed by atoms with van der Waals surface area (Å²) in [5, 5.41) is 10.2. The summed E-state index contributed by atoms with van der Waals surface area (Å²) in [6.07, 6.45) is -4.61. The molecular weight excluding hydrogens is 470 g/mol. The molecule has 0 bridgehead atoms. The van der Waals surface area contributed by atoms with E-state index >= 15 is 0 Å². The summed E-state index contributed by atoms with van der Waals surface area (Å²) in [6.45, 7) is 3.47. The molecule has 0 atom stereocenters. The van der Waals surface area contributed by atoms with Gasteiger partial charge in [-0.2, -0.15) is 13.2 Å². The molecule has 3 aromatic rings. The van der Waals surface area contributed by atoms with Crippen molar-refractivity contribution in [2.75, 3.05) is 0 Å². The van der Waals surface area contributed by atoms with E-state index in [1.54, 1.807) is 6.92 Å². The third-order valence-electron chi connectivity index (χ3n) is 4.78. The molecule has 0 aliphatic carbocycles. The highest BCUT2D eigenvalue weighted by atomic mass is 35.5. The number of alkyl halides is 3. The van der Waals surface area contributed by atoms with Gasteiger partial charge in [0.25, 0.3) is 0 Å². The Morgan fingerprint density at radius 2 is 1.81 bits per heavy atom. The number of carboxylic acids is 1. The van der Waals surface area contributed by atoms with E-state index in [0.29, 0.717) is 5.56 Å². The largest absolute Gasteiger partial charge is 0.477 e. The van der Waals surface area contributed by atoms with E-state index in [9.17, 15) is 27.9 Å². The molecule has 0 amide bonds. The number of aromatic carboxylic acids is 1. The number of halogens is 5. The molecule has 10 heteroatoms. The molecule has 1 heterocycles. The van der Waals surface area contributed by atoms with Gasteiger partial charge < -0.3 is 14.4 Å². The highest BCUT2D eigenvalue weighted by molar-refractivity contribution is 6.42. The zero-order chi connectivity index (χ0) is 23.8. The lowest BCUT2D eigenvalue weighted by Gasteiger charge is -2.21. The predicted molar refractivity (Wildman–Crippen MR) is 115 cm³/mol. The Balaban J connectivity index is 2.27. The molecule has 5 nitrogen and oxygen atoms in total. The van der Waals surface area contributed by atoms with E-state index in [4.69, 9.17) is 27.9 Å². The van der Waals surface area contributed by atoms with Crippen LogP contribution in [0.15, 0.2) is 47.3 Å². The van der Waals surface area contributed by atoms with Gasteiger partial charge in [-0.05, 0) is 44.2 Å². The third-order valence-corrected chi connectivity index (χ3v) is 5.52. The van der Waals surface area contributed by atoms with Crippen LogP contribution in [-0.4, -0.2) is 15.6 Å². The molecule has 0 fully saturated rings. The minimum absolute atomic E-state index is 0.0810. The van der Waals surface area contributed by atoms with E-state index in [0.717, 1.165) is 18.2 Å². The highest BCUT2D eigenvalue weighted by Gasteiger charge is 2.31. The van der Waals surface area contributed by atoms with E-state index in [-0.39, 0.29) is 39.5 Å². The van der Waals surface area contributed by atoms with Gasteiger partial charge in [0.2, 0.25) is 5.43 Å². The van der Waals surface area contributed by atoms with Gasteiger partial charge in [-0.25, -0.2) is 4.79 Å². The van der Waals surface area contributed by atoms with E-state index < -0.39 is 28.7 Å². The maximum absolute atomic E-state index is 13.1. The van der Waals surface area contributed by atoms with Gasteiger partial charge in [0, 0.05) is 12.1 Å². The van der Waals surface area contributed by atoms with Crippen molar-refractivity contribution in [3.63, 3.8) is 0 Å². The van der Waals surface area contributed by atoms with E-state index in [1.165, 1.54) is 35.8 Å².